The first-order chi connectivity index (χ1) is 8.38. The fourth-order valence-electron chi connectivity index (χ4n) is 2.46. The lowest BCUT2D eigenvalue weighted by molar-refractivity contribution is -0.00921. The second-order valence-corrected chi connectivity index (χ2v) is 6.11. The summed E-state index contributed by atoms with van der Waals surface area (Å²) < 4.78 is 5.70. The number of nitrogens with one attached hydrogen (secondary N) is 1. The van der Waals surface area contributed by atoms with Crippen LogP contribution in [0.5, 0.6) is 0 Å². The molecule has 0 heterocycles. The van der Waals surface area contributed by atoms with E-state index < -0.39 is 0 Å². The summed E-state index contributed by atoms with van der Waals surface area (Å²) in [6, 6.07) is 9.07. The van der Waals surface area contributed by atoms with Gasteiger partial charge in [-0.15, -0.1) is 0 Å². The number of hydrogen-bond acceptors (Lipinski definition) is 2. The summed E-state index contributed by atoms with van der Waals surface area (Å²) in [5.74, 6) is 0. The number of benzene rings is 1. The van der Waals surface area contributed by atoms with Crippen LogP contribution in [0.25, 0.3) is 0 Å². The summed E-state index contributed by atoms with van der Waals surface area (Å²) in [5.41, 5.74) is 2.79. The van der Waals surface area contributed by atoms with E-state index in [9.17, 15) is 0 Å². The number of hydrogen-bond donors (Lipinski definition) is 1. The highest BCUT2D eigenvalue weighted by Crippen LogP contribution is 2.26. The number of aryl methyl sites for hydroxylation is 1. The molecule has 0 aliphatic heterocycles. The van der Waals surface area contributed by atoms with Crippen molar-refractivity contribution in [2.45, 2.75) is 46.3 Å². The Morgan fingerprint density at radius 2 is 1.72 bits per heavy atom. The zero-order valence-corrected chi connectivity index (χ0v) is 12.6. The van der Waals surface area contributed by atoms with Crippen molar-refractivity contribution in [3.05, 3.63) is 35.4 Å². The van der Waals surface area contributed by atoms with E-state index in [1.54, 1.807) is 7.11 Å². The van der Waals surface area contributed by atoms with E-state index in [0.717, 1.165) is 6.42 Å². The normalized spacial score (nSPS) is 15.4. The quantitative estimate of drug-likeness (QED) is 0.865. The van der Waals surface area contributed by atoms with Crippen LogP contribution < -0.4 is 5.32 Å². The average molecular weight is 249 g/mol. The monoisotopic (exact) mass is 249 g/mol. The molecule has 0 spiro atoms. The van der Waals surface area contributed by atoms with Gasteiger partial charge in [-0.25, -0.2) is 0 Å². The minimum Gasteiger partial charge on any atom is -0.379 e. The minimum atomic E-state index is 0.132. The van der Waals surface area contributed by atoms with E-state index >= 15 is 0 Å². The first kappa shape index (κ1) is 15.2. The fourth-order valence-corrected chi connectivity index (χ4v) is 2.46. The minimum absolute atomic E-state index is 0.132. The second-order valence-electron chi connectivity index (χ2n) is 6.11. The lowest BCUT2D eigenvalue weighted by atomic mass is 9.82. The summed E-state index contributed by atoms with van der Waals surface area (Å²) >= 11 is 0. The molecular formula is C16H27NO. The highest BCUT2D eigenvalue weighted by atomic mass is 16.5. The topological polar surface area (TPSA) is 21.3 Å². The van der Waals surface area contributed by atoms with E-state index in [2.05, 4.69) is 57.3 Å². The van der Waals surface area contributed by atoms with Crippen LogP contribution in [0.2, 0.25) is 0 Å². The highest BCUT2D eigenvalue weighted by Gasteiger charge is 2.31. The number of methoxy groups -OCH3 is 1. The predicted octanol–water partition coefficient (Wildman–Crippen LogP) is 3.19. The van der Waals surface area contributed by atoms with Crippen LogP contribution >= 0.6 is 0 Å². The van der Waals surface area contributed by atoms with Gasteiger partial charge in [-0.05, 0) is 31.4 Å². The molecule has 1 aromatic carbocycles. The molecule has 1 N–H and O–H groups in total. The van der Waals surface area contributed by atoms with Crippen LogP contribution in [0, 0.1) is 12.3 Å². The molecule has 0 aromatic heterocycles. The van der Waals surface area contributed by atoms with Crippen molar-refractivity contribution in [3.63, 3.8) is 0 Å². The van der Waals surface area contributed by atoms with Crippen molar-refractivity contribution >= 4 is 0 Å². The Balaban J connectivity index is 2.80. The van der Waals surface area contributed by atoms with Gasteiger partial charge in [-0.2, -0.15) is 0 Å². The van der Waals surface area contributed by atoms with Gasteiger partial charge in [0.15, 0.2) is 0 Å². The Bertz CT molecular complexity index is 350. The second kappa shape index (κ2) is 6.35. The molecule has 1 rings (SSSR count). The summed E-state index contributed by atoms with van der Waals surface area (Å²) in [6.45, 7) is 8.79. The first-order valence-electron chi connectivity index (χ1n) is 6.64. The third-order valence-corrected chi connectivity index (χ3v) is 3.42. The molecule has 0 amide bonds. The van der Waals surface area contributed by atoms with Crippen LogP contribution in [0.4, 0.5) is 0 Å². The van der Waals surface area contributed by atoms with Gasteiger partial charge in [0.1, 0.15) is 0 Å². The maximum absolute atomic E-state index is 5.70. The fraction of sp³-hybridized carbons (Fsp3) is 0.625. The molecule has 18 heavy (non-hydrogen) atoms. The molecule has 0 aliphatic rings. The molecule has 1 aromatic rings. The predicted molar refractivity (Wildman–Crippen MR) is 78.0 cm³/mol. The van der Waals surface area contributed by atoms with Crippen molar-refractivity contribution in [1.29, 1.82) is 0 Å². The van der Waals surface area contributed by atoms with Gasteiger partial charge in [-0.1, -0.05) is 50.6 Å². The number of likely N-dealkylation sites (N-methyl/N-ethyl adjacent to an activating group) is 1. The molecule has 0 saturated heterocycles. The average Bonchev–Trinajstić information content (AvgIpc) is 2.29. The van der Waals surface area contributed by atoms with Crippen molar-refractivity contribution in [3.8, 4) is 0 Å². The first-order valence-corrected chi connectivity index (χ1v) is 6.64. The smallest absolute Gasteiger partial charge is 0.0775 e. The molecule has 2 unspecified atom stereocenters. The molecule has 0 fully saturated rings. The molecule has 0 saturated carbocycles. The molecule has 0 bridgehead atoms. The Kier molecular flexibility index (Phi) is 5.36. The van der Waals surface area contributed by atoms with Crippen molar-refractivity contribution in [1.82, 2.24) is 5.32 Å². The van der Waals surface area contributed by atoms with Crippen molar-refractivity contribution < 1.29 is 4.74 Å². The van der Waals surface area contributed by atoms with Crippen LogP contribution in [0.1, 0.15) is 31.9 Å². The van der Waals surface area contributed by atoms with E-state index in [1.807, 2.05) is 7.05 Å². The molecular weight excluding hydrogens is 222 g/mol. The van der Waals surface area contributed by atoms with Crippen LogP contribution in [-0.4, -0.2) is 26.3 Å². The van der Waals surface area contributed by atoms with Gasteiger partial charge in [0.05, 0.1) is 6.10 Å². The highest BCUT2D eigenvalue weighted by molar-refractivity contribution is 5.22. The van der Waals surface area contributed by atoms with Gasteiger partial charge in [-0.3, -0.25) is 0 Å². The van der Waals surface area contributed by atoms with Gasteiger partial charge in [0.25, 0.3) is 0 Å². The van der Waals surface area contributed by atoms with Crippen LogP contribution in [-0.2, 0) is 11.2 Å². The van der Waals surface area contributed by atoms with Crippen LogP contribution in [0.15, 0.2) is 24.3 Å². The van der Waals surface area contributed by atoms with Gasteiger partial charge in [0.2, 0.25) is 0 Å². The molecule has 0 aliphatic carbocycles. The lowest BCUT2D eigenvalue weighted by Gasteiger charge is -2.36. The Morgan fingerprint density at radius 1 is 1.17 bits per heavy atom. The largest absolute Gasteiger partial charge is 0.379 e. The Hall–Kier alpha value is -0.860. The zero-order valence-electron chi connectivity index (χ0n) is 12.6. The van der Waals surface area contributed by atoms with Gasteiger partial charge < -0.3 is 10.1 Å². The van der Waals surface area contributed by atoms with Crippen molar-refractivity contribution in [2.75, 3.05) is 14.2 Å². The SMILES string of the molecule is CNC(Cc1ccc(C)cc1)C(OC)C(C)(C)C. The molecule has 2 heteroatoms. The number of rotatable bonds is 5. The molecule has 0 radical (unpaired) electrons. The summed E-state index contributed by atoms with van der Waals surface area (Å²) in [4.78, 5) is 0. The third kappa shape index (κ3) is 4.11. The lowest BCUT2D eigenvalue weighted by Crippen LogP contribution is -2.47. The Morgan fingerprint density at radius 3 is 2.11 bits per heavy atom. The molecule has 102 valence electrons. The summed E-state index contributed by atoms with van der Waals surface area (Å²) in [6.07, 6.45) is 1.19. The van der Waals surface area contributed by atoms with Crippen molar-refractivity contribution in [2.24, 2.45) is 5.41 Å². The maximum Gasteiger partial charge on any atom is 0.0775 e. The molecule has 2 nitrogen and oxygen atoms in total. The van der Waals surface area contributed by atoms with E-state index in [0.29, 0.717) is 6.04 Å². The van der Waals surface area contributed by atoms with Gasteiger partial charge >= 0.3 is 0 Å². The Labute approximate surface area is 112 Å². The summed E-state index contributed by atoms with van der Waals surface area (Å²) in [5, 5.41) is 3.40. The van der Waals surface area contributed by atoms with Crippen LogP contribution in [0.3, 0.4) is 0 Å². The van der Waals surface area contributed by atoms with E-state index in [1.165, 1.54) is 11.1 Å². The van der Waals surface area contributed by atoms with Gasteiger partial charge in [0, 0.05) is 13.2 Å². The third-order valence-electron chi connectivity index (χ3n) is 3.42. The standard InChI is InChI=1S/C16H27NO/c1-12-7-9-13(10-8-12)11-14(17-5)15(18-6)16(2,3)4/h7-10,14-15,17H,11H2,1-6H3. The molecule has 2 atom stereocenters. The zero-order chi connectivity index (χ0) is 13.8. The maximum atomic E-state index is 5.70. The van der Waals surface area contributed by atoms with E-state index in [4.69, 9.17) is 4.74 Å². The van der Waals surface area contributed by atoms with E-state index in [-0.39, 0.29) is 11.5 Å². The number of ether oxygens (including phenoxy) is 1. The summed E-state index contributed by atoms with van der Waals surface area (Å²) in [7, 11) is 3.81.